The molecule has 9 heteroatoms. The van der Waals surface area contributed by atoms with Crippen molar-refractivity contribution in [3.05, 3.63) is 69.2 Å². The normalized spacial score (nSPS) is 12.2. The van der Waals surface area contributed by atoms with Gasteiger partial charge in [-0.15, -0.1) is 11.3 Å². The van der Waals surface area contributed by atoms with Crippen LogP contribution in [0.1, 0.15) is 24.4 Å². The number of benzene rings is 1. The third-order valence-electron chi connectivity index (χ3n) is 4.44. The summed E-state index contributed by atoms with van der Waals surface area (Å²) in [5, 5.41) is 5.76. The number of rotatable bonds is 7. The van der Waals surface area contributed by atoms with Crippen LogP contribution in [0.2, 0.25) is 5.02 Å². The van der Waals surface area contributed by atoms with Gasteiger partial charge in [0.05, 0.1) is 16.9 Å². The van der Waals surface area contributed by atoms with Crippen LogP contribution in [-0.4, -0.2) is 21.6 Å². The fraction of sp³-hybridized carbons (Fsp3) is 0.190. The molecule has 154 valence electrons. The molecule has 0 fully saturated rings. The van der Waals surface area contributed by atoms with Gasteiger partial charge in [-0.2, -0.15) is 11.8 Å². The van der Waals surface area contributed by atoms with Crippen molar-refractivity contribution in [1.82, 2.24) is 9.97 Å². The highest BCUT2D eigenvalue weighted by molar-refractivity contribution is 7.99. The minimum absolute atomic E-state index is 0.0600. The minimum Gasteiger partial charge on any atom is -0.464 e. The maximum absolute atomic E-state index is 12.7. The first-order valence-electron chi connectivity index (χ1n) is 9.23. The summed E-state index contributed by atoms with van der Waals surface area (Å²) in [6, 6.07) is 10.6. The summed E-state index contributed by atoms with van der Waals surface area (Å²) in [5.41, 5.74) is 1.24. The molecule has 0 bridgehead atoms. The van der Waals surface area contributed by atoms with Gasteiger partial charge in [-0.05, 0) is 37.3 Å². The Hall–Kier alpha value is -2.55. The number of thiophene rings is 1. The smallest absolute Gasteiger partial charge is 0.260 e. The largest absolute Gasteiger partial charge is 0.464 e. The number of furan rings is 1. The van der Waals surface area contributed by atoms with Gasteiger partial charge >= 0.3 is 0 Å². The van der Waals surface area contributed by atoms with Crippen LogP contribution in [0.4, 0.5) is 5.69 Å². The van der Waals surface area contributed by atoms with E-state index in [1.165, 1.54) is 11.3 Å². The number of fused-ring (bicyclic) bond motifs is 1. The number of anilines is 1. The van der Waals surface area contributed by atoms with E-state index in [2.05, 4.69) is 15.3 Å². The van der Waals surface area contributed by atoms with E-state index in [1.807, 2.05) is 18.4 Å². The molecule has 0 aliphatic rings. The van der Waals surface area contributed by atoms with Gasteiger partial charge < -0.3 is 14.7 Å². The Kier molecular flexibility index (Phi) is 6.26. The fourth-order valence-corrected chi connectivity index (χ4v) is 5.02. The maximum Gasteiger partial charge on any atom is 0.260 e. The monoisotopic (exact) mass is 459 g/mol. The van der Waals surface area contributed by atoms with Crippen molar-refractivity contribution in [2.24, 2.45) is 0 Å². The number of thioether (sulfide) groups is 1. The predicted molar refractivity (Wildman–Crippen MR) is 124 cm³/mol. The van der Waals surface area contributed by atoms with E-state index in [9.17, 15) is 9.59 Å². The zero-order valence-electron chi connectivity index (χ0n) is 16.0. The summed E-state index contributed by atoms with van der Waals surface area (Å²) in [7, 11) is 0. The van der Waals surface area contributed by atoms with E-state index in [1.54, 1.807) is 48.4 Å². The third-order valence-corrected chi connectivity index (χ3v) is 6.71. The van der Waals surface area contributed by atoms with E-state index in [0.29, 0.717) is 44.7 Å². The average molecular weight is 460 g/mol. The molecule has 3 heterocycles. The van der Waals surface area contributed by atoms with Gasteiger partial charge in [0.1, 0.15) is 16.4 Å². The molecular weight excluding hydrogens is 442 g/mol. The van der Waals surface area contributed by atoms with Gasteiger partial charge in [-0.3, -0.25) is 9.59 Å². The number of halogens is 1. The number of aromatic nitrogens is 2. The zero-order chi connectivity index (χ0) is 21.1. The molecule has 0 aliphatic heterocycles. The summed E-state index contributed by atoms with van der Waals surface area (Å²) in [4.78, 5) is 33.0. The van der Waals surface area contributed by atoms with E-state index < -0.39 is 0 Å². The summed E-state index contributed by atoms with van der Waals surface area (Å²) in [5.74, 6) is 1.75. The van der Waals surface area contributed by atoms with Gasteiger partial charge in [0, 0.05) is 33.8 Å². The van der Waals surface area contributed by atoms with Crippen molar-refractivity contribution in [2.75, 3.05) is 11.1 Å². The lowest BCUT2D eigenvalue weighted by molar-refractivity contribution is -0.115. The molecule has 0 saturated heterocycles. The quantitative estimate of drug-likeness (QED) is 0.369. The highest BCUT2D eigenvalue weighted by Crippen LogP contribution is 2.33. The lowest BCUT2D eigenvalue weighted by Crippen LogP contribution is -2.14. The summed E-state index contributed by atoms with van der Waals surface area (Å²) >= 11 is 8.90. The lowest BCUT2D eigenvalue weighted by atomic mass is 10.2. The number of nitrogens with one attached hydrogen (secondary N) is 2. The van der Waals surface area contributed by atoms with Crippen LogP contribution in [-0.2, 0) is 4.79 Å². The molecule has 30 heavy (non-hydrogen) atoms. The molecule has 0 saturated carbocycles. The molecule has 4 rings (SSSR count). The Morgan fingerprint density at radius 2 is 2.23 bits per heavy atom. The van der Waals surface area contributed by atoms with Crippen molar-refractivity contribution in [1.29, 1.82) is 0 Å². The Bertz CT molecular complexity index is 1230. The molecule has 1 amide bonds. The summed E-state index contributed by atoms with van der Waals surface area (Å²) < 4.78 is 5.42. The Labute approximate surface area is 185 Å². The number of hydrogen-bond acceptors (Lipinski definition) is 6. The topological polar surface area (TPSA) is 88.0 Å². The highest BCUT2D eigenvalue weighted by Gasteiger charge is 2.17. The summed E-state index contributed by atoms with van der Waals surface area (Å²) in [6.07, 6.45) is 1.92. The van der Waals surface area contributed by atoms with E-state index in [-0.39, 0.29) is 16.7 Å². The molecule has 0 aliphatic carbocycles. The molecule has 2 N–H and O–H groups in total. The van der Waals surface area contributed by atoms with Gasteiger partial charge in [-0.1, -0.05) is 17.7 Å². The van der Waals surface area contributed by atoms with Crippen molar-refractivity contribution in [3.8, 4) is 11.3 Å². The SMILES string of the molecule is CC(SCCC(=O)Nc1cccc(Cl)c1)c1nc2scc(-c3ccco3)c2c(=O)[nH]1. The van der Waals surface area contributed by atoms with E-state index >= 15 is 0 Å². The molecule has 0 radical (unpaired) electrons. The molecule has 4 aromatic rings. The minimum atomic E-state index is -0.186. The van der Waals surface area contributed by atoms with Gasteiger partial charge in [0.2, 0.25) is 5.91 Å². The number of aromatic amines is 1. The highest BCUT2D eigenvalue weighted by atomic mass is 35.5. The third kappa shape index (κ3) is 4.61. The standard InChI is InChI=1S/C21H18ClN3O3S2/c1-12(29-9-7-17(26)23-14-5-2-4-13(22)10-14)19-24-20(27)18-15(11-30-21(18)25-19)16-6-3-8-28-16/h2-6,8,10-12H,7,9H2,1H3,(H,23,26)(H,24,25,27). The first kappa shape index (κ1) is 20.7. The van der Waals surface area contributed by atoms with Gasteiger partial charge in [-0.25, -0.2) is 4.98 Å². The molecule has 6 nitrogen and oxygen atoms in total. The fourth-order valence-electron chi connectivity index (χ4n) is 2.97. The summed E-state index contributed by atoms with van der Waals surface area (Å²) in [6.45, 7) is 1.96. The van der Waals surface area contributed by atoms with Crippen LogP contribution in [0.5, 0.6) is 0 Å². The van der Waals surface area contributed by atoms with Gasteiger partial charge in [0.25, 0.3) is 5.56 Å². The second kappa shape index (κ2) is 9.07. The number of H-pyrrole nitrogens is 1. The maximum atomic E-state index is 12.7. The van der Waals surface area contributed by atoms with Gasteiger partial charge in [0.15, 0.2) is 0 Å². The molecular formula is C21H18ClN3O3S2. The molecule has 1 unspecified atom stereocenters. The van der Waals surface area contributed by atoms with Crippen LogP contribution < -0.4 is 10.9 Å². The van der Waals surface area contributed by atoms with Crippen LogP contribution in [0.3, 0.4) is 0 Å². The van der Waals surface area contributed by atoms with E-state index in [0.717, 1.165) is 5.56 Å². The van der Waals surface area contributed by atoms with Crippen molar-refractivity contribution in [3.63, 3.8) is 0 Å². The Balaban J connectivity index is 1.39. The second-order valence-electron chi connectivity index (χ2n) is 6.58. The molecule has 0 spiro atoms. The first-order chi connectivity index (χ1) is 14.5. The van der Waals surface area contributed by atoms with Crippen LogP contribution in [0.25, 0.3) is 21.5 Å². The predicted octanol–water partition coefficient (Wildman–Crippen LogP) is 5.72. The zero-order valence-corrected chi connectivity index (χ0v) is 18.4. The van der Waals surface area contributed by atoms with Crippen LogP contribution >= 0.6 is 34.7 Å². The number of carbonyl (C=O) groups excluding carboxylic acids is 1. The van der Waals surface area contributed by atoms with Crippen molar-refractivity contribution < 1.29 is 9.21 Å². The lowest BCUT2D eigenvalue weighted by Gasteiger charge is -2.11. The molecule has 1 atom stereocenters. The van der Waals surface area contributed by atoms with Crippen LogP contribution in [0, 0.1) is 0 Å². The Morgan fingerprint density at radius 3 is 3.00 bits per heavy atom. The number of carbonyl (C=O) groups is 1. The van der Waals surface area contributed by atoms with E-state index in [4.69, 9.17) is 16.0 Å². The second-order valence-corrected chi connectivity index (χ2v) is 9.32. The average Bonchev–Trinajstić information content (AvgIpc) is 3.37. The van der Waals surface area contributed by atoms with Crippen molar-refractivity contribution >= 4 is 56.5 Å². The number of hydrogen-bond donors (Lipinski definition) is 2. The van der Waals surface area contributed by atoms with Crippen LogP contribution in [0.15, 0.2) is 57.3 Å². The first-order valence-corrected chi connectivity index (χ1v) is 11.5. The molecule has 1 aromatic carbocycles. The number of nitrogens with zero attached hydrogens (tertiary/aromatic N) is 1. The Morgan fingerprint density at radius 1 is 1.37 bits per heavy atom. The number of amides is 1. The molecule has 3 aromatic heterocycles. The van der Waals surface area contributed by atoms with Crippen molar-refractivity contribution in [2.45, 2.75) is 18.6 Å².